The second-order valence-corrected chi connectivity index (χ2v) is 6.40. The minimum atomic E-state index is -4.45. The Morgan fingerprint density at radius 1 is 1.30 bits per heavy atom. The maximum atomic E-state index is 12.9. The maximum absolute atomic E-state index is 12.9. The van der Waals surface area contributed by atoms with Gasteiger partial charge in [0.2, 0.25) is 0 Å². The van der Waals surface area contributed by atoms with E-state index in [9.17, 15) is 13.2 Å². The van der Waals surface area contributed by atoms with Gasteiger partial charge in [0.1, 0.15) is 12.9 Å². The Kier molecular flexibility index (Phi) is 5.18. The van der Waals surface area contributed by atoms with E-state index in [1.807, 2.05) is 6.07 Å². The molecule has 3 rings (SSSR count). The van der Waals surface area contributed by atoms with E-state index in [-0.39, 0.29) is 6.61 Å². The number of hydrogen-bond acceptors (Lipinski definition) is 5. The number of benzene rings is 1. The molecular weight excluding hydrogens is 359 g/mol. The Labute approximate surface area is 154 Å². The second kappa shape index (κ2) is 7.26. The molecule has 144 valence electrons. The van der Waals surface area contributed by atoms with Crippen molar-refractivity contribution >= 4 is 0 Å². The Morgan fingerprint density at radius 3 is 2.70 bits per heavy atom. The van der Waals surface area contributed by atoms with Crippen LogP contribution in [0.1, 0.15) is 17.0 Å². The van der Waals surface area contributed by atoms with Crippen molar-refractivity contribution in [2.75, 3.05) is 0 Å². The zero-order valence-electron chi connectivity index (χ0n) is 14.6. The van der Waals surface area contributed by atoms with Crippen LogP contribution in [0, 0.1) is 0 Å². The summed E-state index contributed by atoms with van der Waals surface area (Å²) in [6, 6.07) is 6.14. The number of allylic oxidation sites excluding steroid dienone is 2. The summed E-state index contributed by atoms with van der Waals surface area (Å²) in [5.74, 6) is 0.684. The van der Waals surface area contributed by atoms with Gasteiger partial charge in [-0.2, -0.15) is 18.3 Å². The van der Waals surface area contributed by atoms with Crippen LogP contribution in [0.2, 0.25) is 0 Å². The molecule has 1 aliphatic rings. The van der Waals surface area contributed by atoms with Gasteiger partial charge in [-0.25, -0.2) is 4.98 Å². The summed E-state index contributed by atoms with van der Waals surface area (Å²) in [5.41, 5.74) is 11.7. The molecule has 27 heavy (non-hydrogen) atoms. The zero-order chi connectivity index (χ0) is 19.7. The summed E-state index contributed by atoms with van der Waals surface area (Å²) >= 11 is 0. The predicted molar refractivity (Wildman–Crippen MR) is 93.1 cm³/mol. The van der Waals surface area contributed by atoms with Gasteiger partial charge in [-0.15, -0.1) is 0 Å². The summed E-state index contributed by atoms with van der Waals surface area (Å²) in [4.78, 5) is 4.07. The van der Waals surface area contributed by atoms with Crippen molar-refractivity contribution < 1.29 is 17.9 Å². The Balaban J connectivity index is 1.72. The lowest BCUT2D eigenvalue weighted by atomic mass is 9.79. The highest BCUT2D eigenvalue weighted by atomic mass is 19.4. The molecule has 0 amide bonds. The topological polar surface area (TPSA) is 92.0 Å². The van der Waals surface area contributed by atoms with Crippen LogP contribution >= 0.6 is 0 Å². The zero-order valence-corrected chi connectivity index (χ0v) is 14.6. The number of nitrogens with zero attached hydrogens (tertiary/aromatic N) is 3. The summed E-state index contributed by atoms with van der Waals surface area (Å²) in [7, 11) is 1.77. The lowest BCUT2D eigenvalue weighted by molar-refractivity contribution is -0.0889. The van der Waals surface area contributed by atoms with Crippen LogP contribution in [-0.4, -0.2) is 27.0 Å². The van der Waals surface area contributed by atoms with Gasteiger partial charge in [0.25, 0.3) is 0 Å². The number of ether oxygens (including phenoxy) is 1. The van der Waals surface area contributed by atoms with Gasteiger partial charge < -0.3 is 16.2 Å². The fourth-order valence-corrected chi connectivity index (χ4v) is 2.84. The minimum Gasteiger partial charge on any atom is -0.369 e. The van der Waals surface area contributed by atoms with Crippen molar-refractivity contribution in [2.45, 2.75) is 31.0 Å². The molecule has 1 aliphatic carbocycles. The first-order valence-corrected chi connectivity index (χ1v) is 8.23. The Hall–Kier alpha value is -2.49. The normalized spacial score (nSPS) is 22.7. The highest BCUT2D eigenvalue weighted by Gasteiger charge is 2.40. The molecule has 1 heterocycles. The monoisotopic (exact) mass is 379 g/mol. The van der Waals surface area contributed by atoms with E-state index >= 15 is 0 Å². The number of halogens is 3. The van der Waals surface area contributed by atoms with Crippen molar-refractivity contribution in [1.29, 1.82) is 0 Å². The van der Waals surface area contributed by atoms with Crippen molar-refractivity contribution in [3.05, 3.63) is 71.3 Å². The molecular formula is C18H20F3N5O. The number of rotatable bonds is 5. The highest BCUT2D eigenvalue weighted by molar-refractivity contribution is 5.43. The predicted octanol–water partition coefficient (Wildman–Crippen LogP) is 2.07. The van der Waals surface area contributed by atoms with E-state index in [1.165, 1.54) is 12.4 Å². The third-order valence-electron chi connectivity index (χ3n) is 4.51. The van der Waals surface area contributed by atoms with Crippen LogP contribution in [0.5, 0.6) is 0 Å². The Bertz CT molecular complexity index is 874. The lowest BCUT2D eigenvalue weighted by Crippen LogP contribution is -2.51. The molecule has 0 radical (unpaired) electrons. The second-order valence-electron chi connectivity index (χ2n) is 6.40. The molecule has 2 unspecified atom stereocenters. The quantitative estimate of drug-likeness (QED) is 0.830. The van der Waals surface area contributed by atoms with Gasteiger partial charge in [-0.3, -0.25) is 4.68 Å². The fourth-order valence-electron chi connectivity index (χ4n) is 2.84. The summed E-state index contributed by atoms with van der Waals surface area (Å²) in [6.45, 7) is 0.574. The molecule has 2 atom stereocenters. The van der Waals surface area contributed by atoms with E-state index < -0.39 is 23.3 Å². The first kappa shape index (κ1) is 19.3. The Morgan fingerprint density at radius 2 is 2.07 bits per heavy atom. The van der Waals surface area contributed by atoms with Gasteiger partial charge in [0.15, 0.2) is 5.82 Å². The first-order chi connectivity index (χ1) is 12.7. The van der Waals surface area contributed by atoms with Crippen molar-refractivity contribution in [3.63, 3.8) is 0 Å². The molecule has 9 heteroatoms. The third kappa shape index (κ3) is 4.10. The number of aryl methyl sites for hydroxylation is 1. The van der Waals surface area contributed by atoms with E-state index in [2.05, 4.69) is 10.1 Å². The number of alkyl halides is 3. The van der Waals surface area contributed by atoms with Crippen LogP contribution in [0.25, 0.3) is 0 Å². The molecule has 0 bridgehead atoms. The average molecular weight is 379 g/mol. The molecule has 1 aromatic heterocycles. The smallest absolute Gasteiger partial charge is 0.369 e. The number of nitrogens with two attached hydrogens (primary N) is 2. The number of aromatic nitrogens is 3. The minimum absolute atomic E-state index is 0.283. The van der Waals surface area contributed by atoms with E-state index in [0.717, 1.165) is 17.7 Å². The highest BCUT2D eigenvalue weighted by Crippen LogP contribution is 2.35. The first-order valence-electron chi connectivity index (χ1n) is 8.23. The standard InChI is InChI=1S/C18H20F3N5O/c1-26-16(24-11-25-26)10-27-9-12-3-2-4-13(7-12)17(23)6-5-14(8-15(17)22)18(19,20)21/h2-8,11,15H,9-10,22-23H2,1H3. The molecule has 0 spiro atoms. The lowest BCUT2D eigenvalue weighted by Gasteiger charge is -2.35. The average Bonchev–Trinajstić information content (AvgIpc) is 3.02. The maximum Gasteiger partial charge on any atom is 0.416 e. The summed E-state index contributed by atoms with van der Waals surface area (Å²) < 4.78 is 45.9. The fraction of sp³-hybridized carbons (Fsp3) is 0.333. The summed E-state index contributed by atoms with van der Waals surface area (Å²) in [5, 5.41) is 3.96. The van der Waals surface area contributed by atoms with Crippen LogP contribution in [0.4, 0.5) is 13.2 Å². The van der Waals surface area contributed by atoms with Gasteiger partial charge in [-0.1, -0.05) is 42.5 Å². The van der Waals surface area contributed by atoms with E-state index in [0.29, 0.717) is 18.0 Å². The SMILES string of the molecule is Cn1ncnc1COCc1cccc(C2(N)C=CC(C(F)(F)F)=CC2N)c1. The molecule has 2 aromatic rings. The van der Waals surface area contributed by atoms with Gasteiger partial charge in [-0.05, 0) is 11.1 Å². The van der Waals surface area contributed by atoms with Gasteiger partial charge in [0, 0.05) is 13.1 Å². The van der Waals surface area contributed by atoms with Crippen molar-refractivity contribution in [3.8, 4) is 0 Å². The van der Waals surface area contributed by atoms with Crippen LogP contribution < -0.4 is 11.5 Å². The molecule has 0 saturated heterocycles. The molecule has 0 aliphatic heterocycles. The van der Waals surface area contributed by atoms with Crippen LogP contribution in [-0.2, 0) is 30.5 Å². The number of hydrogen-bond donors (Lipinski definition) is 2. The van der Waals surface area contributed by atoms with Gasteiger partial charge >= 0.3 is 6.18 Å². The summed E-state index contributed by atoms with van der Waals surface area (Å²) in [6.07, 6.45) is 0.222. The molecule has 4 N–H and O–H groups in total. The van der Waals surface area contributed by atoms with Crippen molar-refractivity contribution in [1.82, 2.24) is 14.8 Å². The van der Waals surface area contributed by atoms with Crippen molar-refractivity contribution in [2.24, 2.45) is 18.5 Å². The third-order valence-corrected chi connectivity index (χ3v) is 4.51. The van der Waals surface area contributed by atoms with Gasteiger partial charge in [0.05, 0.1) is 17.7 Å². The molecule has 6 nitrogen and oxygen atoms in total. The van der Waals surface area contributed by atoms with E-state index in [1.54, 1.807) is 29.9 Å². The largest absolute Gasteiger partial charge is 0.416 e. The van der Waals surface area contributed by atoms with Crippen LogP contribution in [0.3, 0.4) is 0 Å². The molecule has 1 aromatic carbocycles. The molecule has 0 fully saturated rings. The molecule has 0 saturated carbocycles. The van der Waals surface area contributed by atoms with Crippen LogP contribution in [0.15, 0.2) is 54.4 Å². The van der Waals surface area contributed by atoms with E-state index in [4.69, 9.17) is 16.2 Å².